The number of fused-ring (bicyclic) bond motifs is 3. The zero-order valence-electron chi connectivity index (χ0n) is 17.0. The van der Waals surface area contributed by atoms with Gasteiger partial charge < -0.3 is 14.4 Å². The van der Waals surface area contributed by atoms with Gasteiger partial charge in [-0.1, -0.05) is 6.07 Å². The monoisotopic (exact) mass is 394 g/mol. The molecule has 8 heteroatoms. The number of nitrogens with zero attached hydrogens (tertiary/aromatic N) is 6. The van der Waals surface area contributed by atoms with E-state index >= 15 is 0 Å². The molecule has 1 N–H and O–H groups in total. The molecule has 1 atom stereocenters. The quantitative estimate of drug-likeness (QED) is 0.732. The first kappa shape index (κ1) is 18.3. The van der Waals surface area contributed by atoms with Crippen LogP contribution < -0.4 is 4.74 Å². The van der Waals surface area contributed by atoms with Crippen LogP contribution in [-0.4, -0.2) is 60.1 Å². The van der Waals surface area contributed by atoms with Crippen molar-refractivity contribution < 1.29 is 9.84 Å². The average Bonchev–Trinajstić information content (AvgIpc) is 3.29. The Morgan fingerprint density at radius 1 is 1.17 bits per heavy atom. The van der Waals surface area contributed by atoms with Crippen molar-refractivity contribution in [1.82, 2.24) is 29.2 Å². The summed E-state index contributed by atoms with van der Waals surface area (Å²) in [5.41, 5.74) is 3.01. The molecule has 0 radical (unpaired) electrons. The van der Waals surface area contributed by atoms with Gasteiger partial charge in [-0.2, -0.15) is 5.10 Å². The predicted octanol–water partition coefficient (Wildman–Crippen LogP) is 2.52. The average molecular weight is 394 g/mol. The van der Waals surface area contributed by atoms with E-state index in [1.54, 1.807) is 6.33 Å². The lowest BCUT2D eigenvalue weighted by molar-refractivity contribution is -0.0211. The number of ether oxygens (including phenoxy) is 1. The molecule has 4 heterocycles. The topological polar surface area (TPSA) is 81.2 Å². The third-order valence-electron chi connectivity index (χ3n) is 5.82. The van der Waals surface area contributed by atoms with E-state index < -0.39 is 0 Å². The fraction of sp³-hybridized carbons (Fsp3) is 0.476. The molecule has 1 saturated heterocycles. The summed E-state index contributed by atoms with van der Waals surface area (Å²) in [4.78, 5) is 11.6. The van der Waals surface area contributed by atoms with Crippen LogP contribution in [0.2, 0.25) is 0 Å². The maximum atomic E-state index is 9.64. The van der Waals surface area contributed by atoms with Gasteiger partial charge in [-0.15, -0.1) is 0 Å². The van der Waals surface area contributed by atoms with Crippen LogP contribution in [0.4, 0.5) is 0 Å². The summed E-state index contributed by atoms with van der Waals surface area (Å²) in [5, 5.41) is 14.0. The van der Waals surface area contributed by atoms with Gasteiger partial charge in [0.15, 0.2) is 5.82 Å². The molecule has 2 aromatic heterocycles. The maximum Gasteiger partial charge on any atom is 0.178 e. The highest BCUT2D eigenvalue weighted by Crippen LogP contribution is 2.37. The first-order chi connectivity index (χ1) is 14.0. The lowest BCUT2D eigenvalue weighted by Crippen LogP contribution is -2.51. The number of imidazole rings is 1. The van der Waals surface area contributed by atoms with Crippen molar-refractivity contribution >= 4 is 0 Å². The van der Waals surface area contributed by atoms with Gasteiger partial charge >= 0.3 is 0 Å². The van der Waals surface area contributed by atoms with Crippen LogP contribution in [0.15, 0.2) is 30.7 Å². The zero-order valence-corrected chi connectivity index (χ0v) is 17.0. The van der Waals surface area contributed by atoms with Gasteiger partial charge in [-0.25, -0.2) is 14.6 Å². The molecule has 0 aliphatic carbocycles. The van der Waals surface area contributed by atoms with E-state index in [2.05, 4.69) is 52.5 Å². The van der Waals surface area contributed by atoms with Crippen molar-refractivity contribution in [2.75, 3.05) is 19.7 Å². The van der Waals surface area contributed by atoms with Crippen molar-refractivity contribution in [3.05, 3.63) is 36.3 Å². The number of hydrogen-bond donors (Lipinski definition) is 1. The van der Waals surface area contributed by atoms with Crippen molar-refractivity contribution in [3.63, 3.8) is 0 Å². The van der Waals surface area contributed by atoms with E-state index in [-0.39, 0.29) is 18.2 Å². The smallest absolute Gasteiger partial charge is 0.178 e. The molecule has 0 bridgehead atoms. The number of aliphatic hydroxyl groups excluding tert-OH is 1. The normalized spacial score (nSPS) is 18.0. The van der Waals surface area contributed by atoms with Crippen molar-refractivity contribution in [2.24, 2.45) is 0 Å². The summed E-state index contributed by atoms with van der Waals surface area (Å²) in [5.74, 6) is 2.52. The van der Waals surface area contributed by atoms with E-state index in [0.29, 0.717) is 6.61 Å². The SMILES string of the molecule is CC(c1ccc2c(c1)-c1nc(-c3ncnn3C(C)C)cn1CCO2)N1CC(O)C1. The Morgan fingerprint density at radius 2 is 2.00 bits per heavy atom. The van der Waals surface area contributed by atoms with Crippen LogP contribution in [0.3, 0.4) is 0 Å². The first-order valence-corrected chi connectivity index (χ1v) is 10.2. The van der Waals surface area contributed by atoms with Crippen LogP contribution in [0.1, 0.15) is 38.4 Å². The Labute approximate surface area is 169 Å². The van der Waals surface area contributed by atoms with E-state index in [1.165, 1.54) is 5.56 Å². The minimum absolute atomic E-state index is 0.207. The fourth-order valence-corrected chi connectivity index (χ4v) is 4.10. The molecule has 0 amide bonds. The van der Waals surface area contributed by atoms with Gasteiger partial charge in [0.25, 0.3) is 0 Å². The number of β-amino-alcohol motifs (C(OH)–C–C–N with tert-alkyl or cyclic N) is 1. The Balaban J connectivity index is 1.55. The van der Waals surface area contributed by atoms with Crippen LogP contribution >= 0.6 is 0 Å². The summed E-state index contributed by atoms with van der Waals surface area (Å²) in [6, 6.07) is 6.77. The number of aromatic nitrogens is 5. The molecule has 5 rings (SSSR count). The Hall–Kier alpha value is -2.71. The van der Waals surface area contributed by atoms with Crippen LogP contribution in [0.25, 0.3) is 22.9 Å². The molecule has 1 unspecified atom stereocenters. The van der Waals surface area contributed by atoms with E-state index in [4.69, 9.17) is 9.72 Å². The van der Waals surface area contributed by atoms with Gasteiger partial charge in [0.1, 0.15) is 30.2 Å². The van der Waals surface area contributed by atoms with E-state index in [1.807, 2.05) is 16.9 Å². The van der Waals surface area contributed by atoms with Gasteiger partial charge in [0, 0.05) is 31.4 Å². The highest BCUT2D eigenvalue weighted by Gasteiger charge is 2.30. The predicted molar refractivity (Wildman–Crippen MR) is 109 cm³/mol. The number of hydrogen-bond acceptors (Lipinski definition) is 6. The molecule has 0 saturated carbocycles. The Kier molecular flexibility index (Phi) is 4.40. The van der Waals surface area contributed by atoms with E-state index in [0.717, 1.165) is 48.3 Å². The summed E-state index contributed by atoms with van der Waals surface area (Å²) in [6.45, 7) is 9.12. The third kappa shape index (κ3) is 3.12. The molecule has 29 heavy (non-hydrogen) atoms. The molecular formula is C21H26N6O2. The summed E-state index contributed by atoms with van der Waals surface area (Å²) in [6.07, 6.45) is 3.41. The summed E-state index contributed by atoms with van der Waals surface area (Å²) in [7, 11) is 0. The van der Waals surface area contributed by atoms with Gasteiger partial charge in [-0.05, 0) is 38.5 Å². The Morgan fingerprint density at radius 3 is 2.76 bits per heavy atom. The second kappa shape index (κ2) is 6.96. The van der Waals surface area contributed by atoms with Crippen molar-refractivity contribution in [1.29, 1.82) is 0 Å². The molecule has 3 aromatic rings. The second-order valence-corrected chi connectivity index (χ2v) is 8.15. The van der Waals surface area contributed by atoms with Gasteiger partial charge in [0.05, 0.1) is 18.2 Å². The van der Waals surface area contributed by atoms with Crippen LogP contribution in [-0.2, 0) is 6.54 Å². The minimum Gasteiger partial charge on any atom is -0.491 e. The van der Waals surface area contributed by atoms with E-state index in [9.17, 15) is 5.11 Å². The second-order valence-electron chi connectivity index (χ2n) is 8.15. The standard InChI is InChI=1S/C21H26N6O2/c1-13(2)27-21(22-12-23-27)18-11-25-6-7-29-19-5-4-15(8-17(19)20(25)24-18)14(3)26-9-16(28)10-26/h4-5,8,11-14,16,28H,6-7,9-10H2,1-3H3. The fourth-order valence-electron chi connectivity index (χ4n) is 4.10. The van der Waals surface area contributed by atoms with Crippen molar-refractivity contribution in [3.8, 4) is 28.7 Å². The number of aliphatic hydroxyl groups is 1. The lowest BCUT2D eigenvalue weighted by atomic mass is 9.99. The molecule has 1 aromatic carbocycles. The molecule has 0 spiro atoms. The highest BCUT2D eigenvalue weighted by atomic mass is 16.5. The number of likely N-dealkylation sites (tertiary alicyclic amines) is 1. The third-order valence-corrected chi connectivity index (χ3v) is 5.82. The molecule has 152 valence electrons. The molecule has 2 aliphatic heterocycles. The molecule has 8 nitrogen and oxygen atoms in total. The number of benzene rings is 1. The zero-order chi connectivity index (χ0) is 20.1. The number of rotatable bonds is 4. The summed E-state index contributed by atoms with van der Waals surface area (Å²) >= 11 is 0. The van der Waals surface area contributed by atoms with Crippen LogP contribution in [0.5, 0.6) is 5.75 Å². The van der Waals surface area contributed by atoms with Gasteiger partial charge in [0.2, 0.25) is 0 Å². The highest BCUT2D eigenvalue weighted by molar-refractivity contribution is 5.69. The molecule has 2 aliphatic rings. The maximum absolute atomic E-state index is 9.64. The lowest BCUT2D eigenvalue weighted by Gasteiger charge is -2.40. The van der Waals surface area contributed by atoms with Crippen LogP contribution in [0, 0.1) is 0 Å². The largest absolute Gasteiger partial charge is 0.491 e. The van der Waals surface area contributed by atoms with Gasteiger partial charge in [-0.3, -0.25) is 4.90 Å². The molecular weight excluding hydrogens is 368 g/mol. The molecule has 1 fully saturated rings. The Bertz CT molecular complexity index is 1030. The summed E-state index contributed by atoms with van der Waals surface area (Å²) < 4.78 is 10.0. The minimum atomic E-state index is -0.207. The van der Waals surface area contributed by atoms with Crippen molar-refractivity contribution in [2.45, 2.75) is 45.5 Å². The first-order valence-electron chi connectivity index (χ1n) is 10.2.